The number of nitrogens with zero attached hydrogens (tertiary/aromatic N) is 1. The van der Waals surface area contributed by atoms with Crippen LogP contribution in [0.5, 0.6) is 0 Å². The molecule has 4 nitrogen and oxygen atoms in total. The standard InChI is InChI=1S/C17H27N3O.HI/c1-3-12-19-17(18-4-2)20-13-8-9-14-21-15-16-10-6-5-7-11-16;/h3,5-7,10-11H,1,4,8-9,12-15H2,2H3,(H2,18,19,20);1H. The second kappa shape index (κ2) is 14.8. The molecule has 0 saturated heterocycles. The van der Waals surface area contributed by atoms with Crippen molar-refractivity contribution in [2.75, 3.05) is 26.2 Å². The van der Waals surface area contributed by atoms with Gasteiger partial charge >= 0.3 is 0 Å². The molecule has 0 aliphatic carbocycles. The number of unbranched alkanes of at least 4 members (excludes halogenated alkanes) is 1. The minimum Gasteiger partial charge on any atom is -0.377 e. The lowest BCUT2D eigenvalue weighted by Gasteiger charge is -2.09. The molecule has 1 rings (SSSR count). The van der Waals surface area contributed by atoms with Crippen LogP contribution in [0.25, 0.3) is 0 Å². The highest BCUT2D eigenvalue weighted by Crippen LogP contribution is 2.01. The number of benzene rings is 1. The van der Waals surface area contributed by atoms with E-state index in [9.17, 15) is 0 Å². The molecule has 0 aliphatic rings. The van der Waals surface area contributed by atoms with E-state index in [1.54, 1.807) is 0 Å². The highest BCUT2D eigenvalue weighted by molar-refractivity contribution is 14.0. The van der Waals surface area contributed by atoms with Gasteiger partial charge in [0.2, 0.25) is 0 Å². The molecule has 0 heterocycles. The Hall–Kier alpha value is -1.08. The summed E-state index contributed by atoms with van der Waals surface area (Å²) in [5.41, 5.74) is 1.22. The highest BCUT2D eigenvalue weighted by Gasteiger charge is 1.95. The van der Waals surface area contributed by atoms with E-state index < -0.39 is 0 Å². The minimum absolute atomic E-state index is 0. The van der Waals surface area contributed by atoms with Crippen molar-refractivity contribution in [1.29, 1.82) is 0 Å². The van der Waals surface area contributed by atoms with Gasteiger partial charge in [-0.25, -0.2) is 0 Å². The van der Waals surface area contributed by atoms with Gasteiger partial charge in [0.05, 0.1) is 6.61 Å². The first-order valence-corrected chi connectivity index (χ1v) is 7.61. The maximum absolute atomic E-state index is 5.65. The van der Waals surface area contributed by atoms with Crippen LogP contribution in [0.15, 0.2) is 48.0 Å². The van der Waals surface area contributed by atoms with Gasteiger partial charge in [0.1, 0.15) is 0 Å². The summed E-state index contributed by atoms with van der Waals surface area (Å²) in [4.78, 5) is 4.50. The van der Waals surface area contributed by atoms with E-state index in [4.69, 9.17) is 4.74 Å². The molecule has 0 saturated carbocycles. The Morgan fingerprint density at radius 2 is 2.00 bits per heavy atom. The molecule has 0 spiro atoms. The molecule has 5 heteroatoms. The molecular formula is C17H28IN3O. The molecule has 0 radical (unpaired) electrons. The summed E-state index contributed by atoms with van der Waals surface area (Å²) >= 11 is 0. The molecule has 1 aromatic carbocycles. The number of hydrogen-bond acceptors (Lipinski definition) is 2. The van der Waals surface area contributed by atoms with Gasteiger partial charge in [0.15, 0.2) is 5.96 Å². The van der Waals surface area contributed by atoms with Crippen LogP contribution in [0.1, 0.15) is 25.3 Å². The average Bonchev–Trinajstić information content (AvgIpc) is 2.52. The number of halogens is 1. The van der Waals surface area contributed by atoms with Gasteiger partial charge in [-0.15, -0.1) is 30.6 Å². The first-order chi connectivity index (χ1) is 10.4. The third-order valence-corrected chi connectivity index (χ3v) is 2.84. The molecule has 1 aromatic rings. The molecule has 0 aliphatic heterocycles. The van der Waals surface area contributed by atoms with E-state index in [0.717, 1.165) is 45.0 Å². The second-order valence-electron chi connectivity index (χ2n) is 4.68. The Balaban J connectivity index is 0.00000441. The van der Waals surface area contributed by atoms with Crippen molar-refractivity contribution in [3.8, 4) is 0 Å². The number of guanidine groups is 1. The van der Waals surface area contributed by atoms with E-state index in [2.05, 4.69) is 41.3 Å². The van der Waals surface area contributed by atoms with Crippen LogP contribution in [-0.2, 0) is 11.3 Å². The fourth-order valence-electron chi connectivity index (χ4n) is 1.78. The highest BCUT2D eigenvalue weighted by atomic mass is 127. The third-order valence-electron chi connectivity index (χ3n) is 2.84. The zero-order valence-electron chi connectivity index (χ0n) is 13.4. The molecule has 124 valence electrons. The summed E-state index contributed by atoms with van der Waals surface area (Å²) < 4.78 is 5.65. The zero-order valence-corrected chi connectivity index (χ0v) is 15.7. The van der Waals surface area contributed by atoms with E-state index in [0.29, 0.717) is 6.61 Å². The van der Waals surface area contributed by atoms with Crippen molar-refractivity contribution in [2.45, 2.75) is 26.4 Å². The number of hydrogen-bond donors (Lipinski definition) is 2. The Bertz CT molecular complexity index is 410. The number of rotatable bonds is 10. The topological polar surface area (TPSA) is 45.7 Å². The Labute approximate surface area is 151 Å². The maximum Gasteiger partial charge on any atom is 0.191 e. The van der Waals surface area contributed by atoms with E-state index in [1.807, 2.05) is 24.3 Å². The van der Waals surface area contributed by atoms with Gasteiger partial charge in [-0.3, -0.25) is 4.99 Å². The summed E-state index contributed by atoms with van der Waals surface area (Å²) in [5, 5.41) is 6.38. The van der Waals surface area contributed by atoms with E-state index >= 15 is 0 Å². The van der Waals surface area contributed by atoms with Gasteiger partial charge < -0.3 is 15.4 Å². The summed E-state index contributed by atoms with van der Waals surface area (Å²) in [6.45, 7) is 9.61. The number of aliphatic imine (C=N–C) groups is 1. The number of ether oxygens (including phenoxy) is 1. The quantitative estimate of drug-likeness (QED) is 0.202. The Morgan fingerprint density at radius 3 is 2.68 bits per heavy atom. The predicted octanol–water partition coefficient (Wildman–Crippen LogP) is 3.34. The van der Waals surface area contributed by atoms with Crippen molar-refractivity contribution in [1.82, 2.24) is 10.6 Å². The van der Waals surface area contributed by atoms with Crippen molar-refractivity contribution >= 4 is 29.9 Å². The molecule has 0 unspecified atom stereocenters. The first kappa shape index (κ1) is 20.9. The fraction of sp³-hybridized carbons (Fsp3) is 0.471. The molecule has 0 amide bonds. The molecule has 2 N–H and O–H groups in total. The zero-order chi connectivity index (χ0) is 15.2. The smallest absolute Gasteiger partial charge is 0.191 e. The molecule has 22 heavy (non-hydrogen) atoms. The van der Waals surface area contributed by atoms with E-state index in [-0.39, 0.29) is 24.0 Å². The lowest BCUT2D eigenvalue weighted by molar-refractivity contribution is 0.117. The summed E-state index contributed by atoms with van der Waals surface area (Å²) in [6.07, 6.45) is 3.88. The Kier molecular flexibility index (Phi) is 14.1. The summed E-state index contributed by atoms with van der Waals surface area (Å²) in [7, 11) is 0. The van der Waals surface area contributed by atoms with Crippen LogP contribution in [-0.4, -0.2) is 32.2 Å². The van der Waals surface area contributed by atoms with Crippen LogP contribution >= 0.6 is 24.0 Å². The molecule has 0 aromatic heterocycles. The van der Waals surface area contributed by atoms with Gasteiger partial charge in [-0.1, -0.05) is 36.4 Å². The molecular weight excluding hydrogens is 389 g/mol. The van der Waals surface area contributed by atoms with Crippen LogP contribution in [0, 0.1) is 0 Å². The predicted molar refractivity (Wildman–Crippen MR) is 105 cm³/mol. The fourth-order valence-corrected chi connectivity index (χ4v) is 1.78. The molecule has 0 atom stereocenters. The van der Waals surface area contributed by atoms with Gasteiger partial charge in [-0.05, 0) is 25.3 Å². The molecule has 0 fully saturated rings. The van der Waals surface area contributed by atoms with Gasteiger partial charge in [0, 0.05) is 26.2 Å². The van der Waals surface area contributed by atoms with Crippen molar-refractivity contribution < 1.29 is 4.74 Å². The lowest BCUT2D eigenvalue weighted by atomic mass is 10.2. The minimum atomic E-state index is 0. The lowest BCUT2D eigenvalue weighted by Crippen LogP contribution is -2.37. The largest absolute Gasteiger partial charge is 0.377 e. The monoisotopic (exact) mass is 417 g/mol. The van der Waals surface area contributed by atoms with Gasteiger partial charge in [0.25, 0.3) is 0 Å². The number of nitrogens with one attached hydrogen (secondary N) is 2. The third kappa shape index (κ3) is 10.6. The normalized spacial score (nSPS) is 10.7. The average molecular weight is 417 g/mol. The maximum atomic E-state index is 5.65. The summed E-state index contributed by atoms with van der Waals surface area (Å²) in [5.74, 6) is 0.850. The van der Waals surface area contributed by atoms with Crippen molar-refractivity contribution in [2.24, 2.45) is 4.99 Å². The Morgan fingerprint density at radius 1 is 1.23 bits per heavy atom. The second-order valence-corrected chi connectivity index (χ2v) is 4.68. The van der Waals surface area contributed by atoms with E-state index in [1.165, 1.54) is 5.56 Å². The molecule has 0 bridgehead atoms. The van der Waals surface area contributed by atoms with Crippen LogP contribution < -0.4 is 10.6 Å². The SMILES string of the molecule is C=CCNC(=NCCCCOCc1ccccc1)NCC.I. The van der Waals surface area contributed by atoms with Gasteiger partial charge in [-0.2, -0.15) is 0 Å². The van der Waals surface area contributed by atoms with Crippen molar-refractivity contribution in [3.63, 3.8) is 0 Å². The van der Waals surface area contributed by atoms with Crippen LogP contribution in [0.2, 0.25) is 0 Å². The van der Waals surface area contributed by atoms with Crippen molar-refractivity contribution in [3.05, 3.63) is 48.6 Å². The van der Waals surface area contributed by atoms with Crippen LogP contribution in [0.3, 0.4) is 0 Å². The summed E-state index contributed by atoms with van der Waals surface area (Å²) in [6, 6.07) is 10.2. The first-order valence-electron chi connectivity index (χ1n) is 7.61. The van der Waals surface area contributed by atoms with Crippen LogP contribution in [0.4, 0.5) is 0 Å².